The Morgan fingerprint density at radius 2 is 1.67 bits per heavy atom. The maximum absolute atomic E-state index is 12.1. The molecule has 0 heterocycles. The van der Waals surface area contributed by atoms with E-state index >= 15 is 0 Å². The molecule has 0 bridgehead atoms. The van der Waals surface area contributed by atoms with Crippen LogP contribution in [0.3, 0.4) is 0 Å². The number of hydrogen-bond acceptors (Lipinski definition) is 3. The fraction of sp³-hybridized carbons (Fsp3) is 0.222. The molecule has 2 aromatic carbocycles. The number of carbonyl (C=O) groups excluding carboxylic acids is 2. The van der Waals surface area contributed by atoms with Crippen LogP contribution >= 0.6 is 11.8 Å². The van der Waals surface area contributed by atoms with Gasteiger partial charge in [0.05, 0.1) is 0 Å². The summed E-state index contributed by atoms with van der Waals surface area (Å²) in [6.45, 7) is 3.01. The van der Waals surface area contributed by atoms with E-state index in [0.717, 1.165) is 11.3 Å². The van der Waals surface area contributed by atoms with Gasteiger partial charge in [0.1, 0.15) is 0 Å². The molecule has 5 nitrogen and oxygen atoms in total. The Hall–Kier alpha value is -2.47. The monoisotopic (exact) mass is 343 g/mol. The average Bonchev–Trinajstić information content (AvgIpc) is 2.58. The molecule has 0 aliphatic rings. The van der Waals surface area contributed by atoms with Gasteiger partial charge in [-0.05, 0) is 36.8 Å². The molecule has 0 saturated carbocycles. The molecule has 24 heavy (non-hydrogen) atoms. The van der Waals surface area contributed by atoms with Gasteiger partial charge < -0.3 is 16.4 Å². The molecule has 2 rings (SSSR count). The maximum Gasteiger partial charge on any atom is 0.312 e. The molecule has 3 amide bonds. The van der Waals surface area contributed by atoms with Gasteiger partial charge in [-0.1, -0.05) is 29.8 Å². The molecule has 0 saturated heterocycles. The average molecular weight is 343 g/mol. The number of nitrogens with one attached hydrogen (secondary N) is 2. The van der Waals surface area contributed by atoms with Gasteiger partial charge in [0.2, 0.25) is 0 Å². The molecule has 126 valence electrons. The van der Waals surface area contributed by atoms with E-state index in [0.29, 0.717) is 18.7 Å². The van der Waals surface area contributed by atoms with Crippen LogP contribution in [0, 0.1) is 6.92 Å². The second kappa shape index (κ2) is 8.98. The number of amides is 3. The van der Waals surface area contributed by atoms with Crippen LogP contribution in [0.5, 0.6) is 0 Å². The molecular weight excluding hydrogens is 322 g/mol. The number of primary amides is 1. The van der Waals surface area contributed by atoms with Gasteiger partial charge in [0.15, 0.2) is 0 Å². The second-order valence-corrected chi connectivity index (χ2v) is 6.50. The standard InChI is InChI=1S/C18H21N3O2S/c1-13-2-8-16(9-3-13)24-11-10-20-17(22)15-6-4-14(5-7-15)12-21-18(19)23/h2-9H,10-12H2,1H3,(H,20,22)(H3,19,21,23). The highest BCUT2D eigenvalue weighted by molar-refractivity contribution is 7.99. The quantitative estimate of drug-likeness (QED) is 0.534. The number of carbonyl (C=O) groups is 2. The predicted molar refractivity (Wildman–Crippen MR) is 97.1 cm³/mol. The Kier molecular flexibility index (Phi) is 6.69. The van der Waals surface area contributed by atoms with Gasteiger partial charge in [-0.2, -0.15) is 0 Å². The minimum Gasteiger partial charge on any atom is -0.352 e. The summed E-state index contributed by atoms with van der Waals surface area (Å²) in [5.41, 5.74) is 7.74. The Labute approximate surface area is 146 Å². The first-order valence-corrected chi connectivity index (χ1v) is 8.63. The molecular formula is C18H21N3O2S. The summed E-state index contributed by atoms with van der Waals surface area (Å²) in [7, 11) is 0. The third kappa shape index (κ3) is 5.96. The first kappa shape index (κ1) is 17.9. The second-order valence-electron chi connectivity index (χ2n) is 5.33. The first-order valence-electron chi connectivity index (χ1n) is 7.64. The molecule has 0 aliphatic carbocycles. The number of nitrogens with two attached hydrogens (primary N) is 1. The highest BCUT2D eigenvalue weighted by Crippen LogP contribution is 2.17. The summed E-state index contributed by atoms with van der Waals surface area (Å²) in [4.78, 5) is 23.9. The molecule has 4 N–H and O–H groups in total. The number of rotatable bonds is 7. The number of aryl methyl sites for hydroxylation is 1. The molecule has 0 aliphatic heterocycles. The lowest BCUT2D eigenvalue weighted by atomic mass is 10.1. The van der Waals surface area contributed by atoms with E-state index in [-0.39, 0.29) is 5.91 Å². The van der Waals surface area contributed by atoms with E-state index in [1.165, 1.54) is 10.5 Å². The van der Waals surface area contributed by atoms with Crippen LogP contribution in [0.15, 0.2) is 53.4 Å². The van der Waals surface area contributed by atoms with Gasteiger partial charge in [0, 0.05) is 29.3 Å². The molecule has 6 heteroatoms. The molecule has 0 spiro atoms. The van der Waals surface area contributed by atoms with Crippen molar-refractivity contribution in [2.75, 3.05) is 12.3 Å². The molecule has 0 atom stereocenters. The lowest BCUT2D eigenvalue weighted by molar-refractivity contribution is 0.0956. The van der Waals surface area contributed by atoms with E-state index in [2.05, 4.69) is 41.8 Å². The predicted octanol–water partition coefficient (Wildman–Crippen LogP) is 2.69. The molecule has 0 unspecified atom stereocenters. The molecule has 0 fully saturated rings. The Bertz CT molecular complexity index is 684. The van der Waals surface area contributed by atoms with Crippen molar-refractivity contribution in [2.24, 2.45) is 5.73 Å². The van der Waals surface area contributed by atoms with E-state index in [1.807, 2.05) is 0 Å². The topological polar surface area (TPSA) is 84.2 Å². The van der Waals surface area contributed by atoms with E-state index in [1.54, 1.807) is 36.0 Å². The highest BCUT2D eigenvalue weighted by atomic mass is 32.2. The van der Waals surface area contributed by atoms with Crippen LogP contribution in [0.4, 0.5) is 4.79 Å². The smallest absolute Gasteiger partial charge is 0.312 e. The van der Waals surface area contributed by atoms with Gasteiger partial charge in [-0.3, -0.25) is 4.79 Å². The van der Waals surface area contributed by atoms with Crippen molar-refractivity contribution in [3.8, 4) is 0 Å². The Morgan fingerprint density at radius 1 is 1.00 bits per heavy atom. The molecule has 2 aromatic rings. The van der Waals surface area contributed by atoms with Crippen molar-refractivity contribution >= 4 is 23.7 Å². The summed E-state index contributed by atoms with van der Waals surface area (Å²) < 4.78 is 0. The van der Waals surface area contributed by atoms with Gasteiger partial charge in [0.25, 0.3) is 5.91 Å². The van der Waals surface area contributed by atoms with Crippen LogP contribution in [0.25, 0.3) is 0 Å². The summed E-state index contributed by atoms with van der Waals surface area (Å²) >= 11 is 1.71. The lowest BCUT2D eigenvalue weighted by Crippen LogP contribution is -2.28. The van der Waals surface area contributed by atoms with Gasteiger partial charge >= 0.3 is 6.03 Å². The van der Waals surface area contributed by atoms with Crippen molar-refractivity contribution in [3.63, 3.8) is 0 Å². The zero-order chi connectivity index (χ0) is 17.4. The maximum atomic E-state index is 12.1. The van der Waals surface area contributed by atoms with Gasteiger partial charge in [-0.25, -0.2) is 4.79 Å². The number of thioether (sulfide) groups is 1. The van der Waals surface area contributed by atoms with Crippen molar-refractivity contribution in [2.45, 2.75) is 18.4 Å². The summed E-state index contributed by atoms with van der Waals surface area (Å²) in [6.07, 6.45) is 0. The lowest BCUT2D eigenvalue weighted by Gasteiger charge is -2.07. The minimum atomic E-state index is -0.567. The Morgan fingerprint density at radius 3 is 2.29 bits per heavy atom. The van der Waals surface area contributed by atoms with E-state index in [4.69, 9.17) is 5.73 Å². The number of benzene rings is 2. The largest absolute Gasteiger partial charge is 0.352 e. The molecule has 0 aromatic heterocycles. The van der Waals surface area contributed by atoms with Crippen molar-refractivity contribution in [3.05, 3.63) is 65.2 Å². The Balaban J connectivity index is 1.73. The summed E-state index contributed by atoms with van der Waals surface area (Å²) in [5.74, 6) is 0.712. The zero-order valence-corrected chi connectivity index (χ0v) is 14.4. The normalized spacial score (nSPS) is 10.2. The van der Waals surface area contributed by atoms with E-state index in [9.17, 15) is 9.59 Å². The minimum absolute atomic E-state index is 0.103. The summed E-state index contributed by atoms with van der Waals surface area (Å²) in [5, 5.41) is 5.41. The summed E-state index contributed by atoms with van der Waals surface area (Å²) in [6, 6.07) is 14.8. The number of urea groups is 1. The third-order valence-corrected chi connectivity index (χ3v) is 4.37. The van der Waals surface area contributed by atoms with Gasteiger partial charge in [-0.15, -0.1) is 11.8 Å². The van der Waals surface area contributed by atoms with Crippen molar-refractivity contribution in [1.29, 1.82) is 0 Å². The van der Waals surface area contributed by atoms with Crippen molar-refractivity contribution in [1.82, 2.24) is 10.6 Å². The third-order valence-electron chi connectivity index (χ3n) is 3.36. The fourth-order valence-corrected chi connectivity index (χ4v) is 2.80. The van der Waals surface area contributed by atoms with Crippen molar-refractivity contribution < 1.29 is 9.59 Å². The zero-order valence-electron chi connectivity index (χ0n) is 13.5. The van der Waals surface area contributed by atoms with Crippen LogP contribution in [-0.4, -0.2) is 24.2 Å². The first-order chi connectivity index (χ1) is 11.5. The van der Waals surface area contributed by atoms with Crippen LogP contribution in [0.1, 0.15) is 21.5 Å². The fourth-order valence-electron chi connectivity index (χ4n) is 2.03. The highest BCUT2D eigenvalue weighted by Gasteiger charge is 2.05. The number of hydrogen-bond donors (Lipinski definition) is 3. The van der Waals surface area contributed by atoms with Crippen LogP contribution < -0.4 is 16.4 Å². The molecule has 0 radical (unpaired) electrons. The SMILES string of the molecule is Cc1ccc(SCCNC(=O)c2ccc(CNC(N)=O)cc2)cc1. The van der Waals surface area contributed by atoms with Crippen LogP contribution in [-0.2, 0) is 6.54 Å². The van der Waals surface area contributed by atoms with E-state index < -0.39 is 6.03 Å². The van der Waals surface area contributed by atoms with Crippen LogP contribution in [0.2, 0.25) is 0 Å².